The summed E-state index contributed by atoms with van der Waals surface area (Å²) in [5.74, 6) is -0.677. The Bertz CT molecular complexity index is 1390. The maximum absolute atomic E-state index is 14.0. The third-order valence-electron chi connectivity index (χ3n) is 7.31. The van der Waals surface area contributed by atoms with Crippen molar-refractivity contribution in [2.75, 3.05) is 10.8 Å². The number of carbonyl (C=O) groups excluding carboxylic acids is 2. The van der Waals surface area contributed by atoms with E-state index in [9.17, 15) is 18.0 Å². The number of sulfonamides is 1. The Labute approximate surface area is 231 Å². The van der Waals surface area contributed by atoms with E-state index in [0.29, 0.717) is 5.69 Å². The van der Waals surface area contributed by atoms with Crippen LogP contribution in [-0.2, 0) is 26.2 Å². The number of nitrogens with one attached hydrogen (secondary N) is 1. The predicted molar refractivity (Wildman–Crippen MR) is 154 cm³/mol. The molecule has 0 unspecified atom stereocenters. The fraction of sp³-hybridized carbons (Fsp3) is 0.355. The third-order valence-corrected chi connectivity index (χ3v) is 9.08. The SMILES string of the molecule is Cc1ccc(C)c(N(CC(=O)N(Cc2ccccc2)[C@@H](C)C(=O)NC2CCCC2)S(=O)(=O)c2ccccc2)c1. The lowest BCUT2D eigenvalue weighted by atomic mass is 10.1. The molecule has 0 radical (unpaired) electrons. The second-order valence-corrected chi connectivity index (χ2v) is 12.2. The summed E-state index contributed by atoms with van der Waals surface area (Å²) < 4.78 is 29.0. The molecule has 0 bridgehead atoms. The number of amides is 2. The normalized spacial score (nSPS) is 14.5. The van der Waals surface area contributed by atoms with E-state index >= 15 is 0 Å². The Hall–Kier alpha value is -3.65. The molecule has 1 aliphatic carbocycles. The van der Waals surface area contributed by atoms with Crippen molar-refractivity contribution in [1.29, 1.82) is 0 Å². The van der Waals surface area contributed by atoms with Gasteiger partial charge in [-0.3, -0.25) is 13.9 Å². The topological polar surface area (TPSA) is 86.8 Å². The van der Waals surface area contributed by atoms with E-state index in [1.165, 1.54) is 21.3 Å². The molecule has 1 saturated carbocycles. The van der Waals surface area contributed by atoms with Crippen LogP contribution >= 0.6 is 0 Å². The first-order valence-electron chi connectivity index (χ1n) is 13.5. The first-order chi connectivity index (χ1) is 18.7. The predicted octanol–water partition coefficient (Wildman–Crippen LogP) is 4.97. The van der Waals surface area contributed by atoms with Crippen LogP contribution in [0.4, 0.5) is 5.69 Å². The lowest BCUT2D eigenvalue weighted by molar-refractivity contribution is -0.139. The summed E-state index contributed by atoms with van der Waals surface area (Å²) >= 11 is 0. The lowest BCUT2D eigenvalue weighted by Gasteiger charge is -2.33. The van der Waals surface area contributed by atoms with E-state index in [1.807, 2.05) is 56.3 Å². The van der Waals surface area contributed by atoms with E-state index in [0.717, 1.165) is 42.4 Å². The maximum Gasteiger partial charge on any atom is 0.264 e. The van der Waals surface area contributed by atoms with Crippen molar-refractivity contribution < 1.29 is 18.0 Å². The highest BCUT2D eigenvalue weighted by molar-refractivity contribution is 7.92. The molecular weight excluding hydrogens is 510 g/mol. The van der Waals surface area contributed by atoms with Gasteiger partial charge in [-0.15, -0.1) is 0 Å². The number of rotatable bonds is 10. The molecule has 7 nitrogen and oxygen atoms in total. The average molecular weight is 548 g/mol. The molecule has 3 aromatic rings. The van der Waals surface area contributed by atoms with Crippen molar-refractivity contribution in [3.05, 3.63) is 95.6 Å². The van der Waals surface area contributed by atoms with E-state index in [-0.39, 0.29) is 23.4 Å². The number of aryl methyl sites for hydroxylation is 2. The second kappa shape index (κ2) is 12.5. The molecule has 1 fully saturated rings. The molecule has 206 valence electrons. The zero-order valence-corrected chi connectivity index (χ0v) is 23.7. The first-order valence-corrected chi connectivity index (χ1v) is 14.9. The molecule has 3 aromatic carbocycles. The summed E-state index contributed by atoms with van der Waals surface area (Å²) in [6.07, 6.45) is 4.02. The Balaban J connectivity index is 1.70. The van der Waals surface area contributed by atoms with Crippen molar-refractivity contribution in [3.8, 4) is 0 Å². The summed E-state index contributed by atoms with van der Waals surface area (Å²) in [6, 6.07) is 22.4. The van der Waals surface area contributed by atoms with Crippen LogP contribution in [0.15, 0.2) is 83.8 Å². The van der Waals surface area contributed by atoms with Crippen LogP contribution in [0.5, 0.6) is 0 Å². The van der Waals surface area contributed by atoms with Gasteiger partial charge in [-0.2, -0.15) is 0 Å². The molecule has 4 rings (SSSR count). The molecule has 1 N–H and O–H groups in total. The molecule has 0 heterocycles. The van der Waals surface area contributed by atoms with Gasteiger partial charge in [0.1, 0.15) is 12.6 Å². The number of hydrogen-bond acceptors (Lipinski definition) is 4. The molecule has 39 heavy (non-hydrogen) atoms. The minimum atomic E-state index is -4.07. The average Bonchev–Trinajstić information content (AvgIpc) is 3.45. The lowest BCUT2D eigenvalue weighted by Crippen LogP contribution is -2.52. The summed E-state index contributed by atoms with van der Waals surface area (Å²) in [7, 11) is -4.07. The van der Waals surface area contributed by atoms with Crippen LogP contribution in [-0.4, -0.2) is 43.8 Å². The number of nitrogens with zero attached hydrogens (tertiary/aromatic N) is 2. The number of carbonyl (C=O) groups is 2. The Morgan fingerprint density at radius 3 is 2.18 bits per heavy atom. The highest BCUT2D eigenvalue weighted by atomic mass is 32.2. The molecule has 0 spiro atoms. The third kappa shape index (κ3) is 6.87. The quantitative estimate of drug-likeness (QED) is 0.388. The van der Waals surface area contributed by atoms with Crippen molar-refractivity contribution in [1.82, 2.24) is 10.2 Å². The van der Waals surface area contributed by atoms with Crippen LogP contribution in [0.1, 0.15) is 49.3 Å². The minimum Gasteiger partial charge on any atom is -0.352 e. The minimum absolute atomic E-state index is 0.0975. The van der Waals surface area contributed by atoms with Crippen LogP contribution in [0, 0.1) is 13.8 Å². The molecule has 0 aliphatic heterocycles. The van der Waals surface area contributed by atoms with E-state index in [2.05, 4.69) is 5.32 Å². The van der Waals surface area contributed by atoms with Crippen molar-refractivity contribution in [3.63, 3.8) is 0 Å². The van der Waals surface area contributed by atoms with Gasteiger partial charge in [0.15, 0.2) is 0 Å². The fourth-order valence-corrected chi connectivity index (χ4v) is 6.47. The zero-order chi connectivity index (χ0) is 28.0. The van der Waals surface area contributed by atoms with Gasteiger partial charge in [0.2, 0.25) is 11.8 Å². The van der Waals surface area contributed by atoms with Crippen LogP contribution in [0.2, 0.25) is 0 Å². The summed E-state index contributed by atoms with van der Waals surface area (Å²) in [5, 5.41) is 3.09. The molecule has 2 amide bonds. The van der Waals surface area contributed by atoms with Gasteiger partial charge in [-0.25, -0.2) is 8.42 Å². The Morgan fingerprint density at radius 1 is 0.923 bits per heavy atom. The summed E-state index contributed by atoms with van der Waals surface area (Å²) in [6.45, 7) is 5.17. The Morgan fingerprint density at radius 2 is 1.54 bits per heavy atom. The summed E-state index contributed by atoms with van der Waals surface area (Å²) in [5.41, 5.74) is 2.90. The molecule has 0 saturated heterocycles. The molecule has 8 heteroatoms. The van der Waals surface area contributed by atoms with Gasteiger partial charge in [0, 0.05) is 12.6 Å². The molecular formula is C31H37N3O4S. The number of anilines is 1. The fourth-order valence-electron chi connectivity index (χ4n) is 4.98. The highest BCUT2D eigenvalue weighted by Crippen LogP contribution is 2.28. The van der Waals surface area contributed by atoms with Gasteiger partial charge in [-0.1, -0.05) is 73.5 Å². The molecule has 1 aliphatic rings. The molecule has 1 atom stereocenters. The van der Waals surface area contributed by atoms with Crippen molar-refractivity contribution in [2.24, 2.45) is 0 Å². The first kappa shape index (κ1) is 28.4. The number of benzene rings is 3. The van der Waals surface area contributed by atoms with Crippen LogP contribution in [0.3, 0.4) is 0 Å². The smallest absolute Gasteiger partial charge is 0.264 e. The maximum atomic E-state index is 14.0. The van der Waals surface area contributed by atoms with E-state index in [1.54, 1.807) is 31.2 Å². The van der Waals surface area contributed by atoms with Crippen molar-refractivity contribution >= 4 is 27.5 Å². The molecule has 0 aromatic heterocycles. The zero-order valence-electron chi connectivity index (χ0n) is 22.8. The van der Waals surface area contributed by atoms with Gasteiger partial charge in [-0.05, 0) is 68.5 Å². The van der Waals surface area contributed by atoms with Gasteiger partial charge in [0.25, 0.3) is 10.0 Å². The van der Waals surface area contributed by atoms with Crippen molar-refractivity contribution in [2.45, 2.75) is 70.0 Å². The largest absolute Gasteiger partial charge is 0.352 e. The van der Waals surface area contributed by atoms with Crippen LogP contribution in [0.25, 0.3) is 0 Å². The van der Waals surface area contributed by atoms with Gasteiger partial charge < -0.3 is 10.2 Å². The Kier molecular flexibility index (Phi) is 9.07. The van der Waals surface area contributed by atoms with Gasteiger partial charge >= 0.3 is 0 Å². The van der Waals surface area contributed by atoms with E-state index < -0.39 is 28.5 Å². The standard InChI is InChI=1S/C31H37N3O4S/c1-23-18-19-24(2)29(20-23)34(39(37,38)28-16-8-5-9-17-28)22-30(35)33(21-26-12-6-4-7-13-26)25(3)31(36)32-27-14-10-11-15-27/h4-9,12-13,16-20,25,27H,10-11,14-15,21-22H2,1-3H3,(H,32,36)/t25-/m0/s1. The van der Waals surface area contributed by atoms with Crippen LogP contribution < -0.4 is 9.62 Å². The highest BCUT2D eigenvalue weighted by Gasteiger charge is 2.33. The second-order valence-electron chi connectivity index (χ2n) is 10.3. The van der Waals surface area contributed by atoms with Gasteiger partial charge in [0.05, 0.1) is 10.6 Å². The van der Waals surface area contributed by atoms with E-state index in [4.69, 9.17) is 0 Å². The monoisotopic (exact) mass is 547 g/mol. The summed E-state index contributed by atoms with van der Waals surface area (Å²) in [4.78, 5) is 28.9. The number of hydrogen-bond donors (Lipinski definition) is 1.